The fourth-order valence-corrected chi connectivity index (χ4v) is 2.13. The van der Waals surface area contributed by atoms with Gasteiger partial charge in [0.25, 0.3) is 5.91 Å². The van der Waals surface area contributed by atoms with Crippen molar-refractivity contribution in [2.45, 2.75) is 31.9 Å². The molecule has 1 saturated heterocycles. The van der Waals surface area contributed by atoms with Gasteiger partial charge in [-0.05, 0) is 6.42 Å². The zero-order chi connectivity index (χ0) is 14.9. The number of carbonyl (C=O) groups excluding carboxylic acids is 3. The lowest BCUT2D eigenvalue weighted by Gasteiger charge is -2.34. The summed E-state index contributed by atoms with van der Waals surface area (Å²) in [6, 6.07) is -0.766. The van der Waals surface area contributed by atoms with Crippen LogP contribution in [0.2, 0.25) is 0 Å². The SMILES string of the molecule is CCC1C(=O)NC(=O)CN1C(=O)C1CC(C(=O)O)=NO1. The Kier molecular flexibility index (Phi) is 3.68. The molecule has 0 aromatic rings. The van der Waals surface area contributed by atoms with Crippen molar-refractivity contribution in [2.24, 2.45) is 5.16 Å². The highest BCUT2D eigenvalue weighted by Crippen LogP contribution is 2.18. The minimum Gasteiger partial charge on any atom is -0.477 e. The van der Waals surface area contributed by atoms with Gasteiger partial charge in [0.1, 0.15) is 12.6 Å². The van der Waals surface area contributed by atoms with Gasteiger partial charge in [0, 0.05) is 6.42 Å². The van der Waals surface area contributed by atoms with Gasteiger partial charge in [0.2, 0.25) is 17.9 Å². The molecule has 2 unspecified atom stereocenters. The molecule has 0 bridgehead atoms. The number of hydrogen-bond donors (Lipinski definition) is 2. The second-order valence-corrected chi connectivity index (χ2v) is 4.44. The lowest BCUT2D eigenvalue weighted by atomic mass is 10.1. The van der Waals surface area contributed by atoms with E-state index in [-0.39, 0.29) is 18.7 Å². The van der Waals surface area contributed by atoms with Crippen LogP contribution in [0.4, 0.5) is 0 Å². The maximum absolute atomic E-state index is 12.2. The van der Waals surface area contributed by atoms with Crippen LogP contribution in [-0.2, 0) is 24.0 Å². The highest BCUT2D eigenvalue weighted by atomic mass is 16.6. The Balaban J connectivity index is 2.10. The standard InChI is InChI=1S/C11H13N3O6/c1-2-6-9(16)12-8(15)4-14(6)10(17)7-3-5(11(18)19)13-20-7/h6-7H,2-4H2,1H3,(H,18,19)(H,12,15,16). The number of carboxylic acid groups (broad SMARTS) is 1. The zero-order valence-electron chi connectivity index (χ0n) is 10.7. The third-order valence-corrected chi connectivity index (χ3v) is 3.12. The number of carboxylic acids is 1. The summed E-state index contributed by atoms with van der Waals surface area (Å²) in [7, 11) is 0. The van der Waals surface area contributed by atoms with Crippen LogP contribution in [-0.4, -0.2) is 58.1 Å². The monoisotopic (exact) mass is 283 g/mol. The average molecular weight is 283 g/mol. The zero-order valence-corrected chi connectivity index (χ0v) is 10.7. The minimum absolute atomic E-state index is 0.184. The molecule has 9 nitrogen and oxygen atoms in total. The fourth-order valence-electron chi connectivity index (χ4n) is 2.13. The van der Waals surface area contributed by atoms with Gasteiger partial charge in [-0.2, -0.15) is 0 Å². The first-order valence-corrected chi connectivity index (χ1v) is 6.04. The van der Waals surface area contributed by atoms with Gasteiger partial charge in [-0.1, -0.05) is 12.1 Å². The molecule has 2 rings (SSSR count). The maximum atomic E-state index is 12.2. The van der Waals surface area contributed by atoms with Crippen LogP contribution >= 0.6 is 0 Å². The Morgan fingerprint density at radius 1 is 1.50 bits per heavy atom. The number of aliphatic carboxylic acids is 1. The normalized spacial score (nSPS) is 25.9. The number of amides is 3. The second kappa shape index (κ2) is 5.27. The molecule has 3 amide bonds. The number of hydrogen-bond acceptors (Lipinski definition) is 6. The molecule has 2 aliphatic rings. The molecule has 2 atom stereocenters. The van der Waals surface area contributed by atoms with Crippen molar-refractivity contribution in [1.29, 1.82) is 0 Å². The summed E-state index contributed by atoms with van der Waals surface area (Å²) in [5, 5.41) is 14.2. The van der Waals surface area contributed by atoms with Gasteiger partial charge in [-0.15, -0.1) is 0 Å². The summed E-state index contributed by atoms with van der Waals surface area (Å²) in [4.78, 5) is 51.8. The smallest absolute Gasteiger partial charge is 0.353 e. The number of carbonyl (C=O) groups is 4. The van der Waals surface area contributed by atoms with Crippen molar-refractivity contribution in [2.75, 3.05) is 6.54 Å². The Morgan fingerprint density at radius 3 is 2.75 bits per heavy atom. The number of oxime groups is 1. The summed E-state index contributed by atoms with van der Waals surface area (Å²) in [6.45, 7) is 1.44. The van der Waals surface area contributed by atoms with Crippen LogP contribution in [0.1, 0.15) is 19.8 Å². The molecule has 1 fully saturated rings. The number of piperazine rings is 1. The summed E-state index contributed by atoms with van der Waals surface area (Å²) in [5.41, 5.74) is -0.260. The third-order valence-electron chi connectivity index (χ3n) is 3.12. The molecular formula is C11H13N3O6. The van der Waals surface area contributed by atoms with Crippen molar-refractivity contribution in [3.05, 3.63) is 0 Å². The lowest BCUT2D eigenvalue weighted by Crippen LogP contribution is -2.61. The molecule has 9 heteroatoms. The third kappa shape index (κ3) is 2.46. The van der Waals surface area contributed by atoms with Gasteiger partial charge in [-0.25, -0.2) is 4.79 Å². The van der Waals surface area contributed by atoms with Crippen LogP contribution in [0.3, 0.4) is 0 Å². The summed E-state index contributed by atoms with van der Waals surface area (Å²) < 4.78 is 0. The highest BCUT2D eigenvalue weighted by Gasteiger charge is 2.41. The average Bonchev–Trinajstić information content (AvgIpc) is 2.86. The quantitative estimate of drug-likeness (QED) is 0.606. The molecule has 2 N–H and O–H groups in total. The predicted molar refractivity (Wildman–Crippen MR) is 63.5 cm³/mol. The molecule has 0 aromatic carbocycles. The summed E-state index contributed by atoms with van der Waals surface area (Å²) >= 11 is 0. The van der Waals surface area contributed by atoms with E-state index >= 15 is 0 Å². The molecule has 0 aliphatic carbocycles. The maximum Gasteiger partial charge on any atom is 0.353 e. The van der Waals surface area contributed by atoms with E-state index in [4.69, 9.17) is 9.94 Å². The van der Waals surface area contributed by atoms with E-state index in [1.807, 2.05) is 0 Å². The van der Waals surface area contributed by atoms with Crippen molar-refractivity contribution in [3.63, 3.8) is 0 Å². The minimum atomic E-state index is -1.26. The molecule has 20 heavy (non-hydrogen) atoms. The Bertz CT molecular complexity index is 514. The summed E-state index contributed by atoms with van der Waals surface area (Å²) in [5.74, 6) is -3.00. The van der Waals surface area contributed by atoms with E-state index < -0.39 is 35.8 Å². The van der Waals surface area contributed by atoms with Crippen LogP contribution in [0.15, 0.2) is 5.16 Å². The van der Waals surface area contributed by atoms with Crippen LogP contribution in [0.5, 0.6) is 0 Å². The van der Waals surface area contributed by atoms with E-state index in [0.717, 1.165) is 4.90 Å². The molecule has 0 spiro atoms. The van der Waals surface area contributed by atoms with Crippen molar-refractivity contribution < 1.29 is 29.1 Å². The first kappa shape index (κ1) is 14.0. The van der Waals surface area contributed by atoms with Gasteiger partial charge in [-0.3, -0.25) is 19.7 Å². The van der Waals surface area contributed by atoms with Crippen LogP contribution in [0, 0.1) is 0 Å². The van der Waals surface area contributed by atoms with E-state index in [1.54, 1.807) is 6.92 Å². The van der Waals surface area contributed by atoms with E-state index in [0.29, 0.717) is 6.42 Å². The molecule has 0 radical (unpaired) electrons. The van der Waals surface area contributed by atoms with Crippen LogP contribution < -0.4 is 5.32 Å². The number of imide groups is 1. The van der Waals surface area contributed by atoms with E-state index in [1.165, 1.54) is 0 Å². The van der Waals surface area contributed by atoms with Crippen molar-refractivity contribution >= 4 is 29.4 Å². The van der Waals surface area contributed by atoms with Crippen LogP contribution in [0.25, 0.3) is 0 Å². The second-order valence-electron chi connectivity index (χ2n) is 4.44. The first-order valence-electron chi connectivity index (χ1n) is 6.04. The Morgan fingerprint density at radius 2 is 2.20 bits per heavy atom. The van der Waals surface area contributed by atoms with Gasteiger partial charge in [0.15, 0.2) is 5.71 Å². The number of nitrogens with one attached hydrogen (secondary N) is 1. The molecule has 2 heterocycles. The largest absolute Gasteiger partial charge is 0.477 e. The van der Waals surface area contributed by atoms with E-state index in [9.17, 15) is 19.2 Å². The highest BCUT2D eigenvalue weighted by molar-refractivity contribution is 6.36. The molecule has 108 valence electrons. The van der Waals surface area contributed by atoms with Crippen molar-refractivity contribution in [1.82, 2.24) is 10.2 Å². The molecular weight excluding hydrogens is 270 g/mol. The molecule has 0 saturated carbocycles. The Labute approximate surface area is 113 Å². The van der Waals surface area contributed by atoms with Gasteiger partial charge in [0.05, 0.1) is 0 Å². The number of rotatable bonds is 3. The Hall–Kier alpha value is -2.45. The van der Waals surface area contributed by atoms with Gasteiger partial charge < -0.3 is 14.8 Å². The van der Waals surface area contributed by atoms with E-state index in [2.05, 4.69) is 10.5 Å². The lowest BCUT2D eigenvalue weighted by molar-refractivity contribution is -0.156. The molecule has 2 aliphatic heterocycles. The molecule has 0 aromatic heterocycles. The van der Waals surface area contributed by atoms with Crippen molar-refractivity contribution in [3.8, 4) is 0 Å². The predicted octanol–water partition coefficient (Wildman–Crippen LogP) is -1.52. The summed E-state index contributed by atoms with van der Waals surface area (Å²) in [6.07, 6.45) is -0.949. The number of nitrogens with zero attached hydrogens (tertiary/aromatic N) is 2. The topological polar surface area (TPSA) is 125 Å². The fraction of sp³-hybridized carbons (Fsp3) is 0.545. The van der Waals surface area contributed by atoms with Gasteiger partial charge >= 0.3 is 5.97 Å². The first-order chi connectivity index (χ1) is 9.43.